The van der Waals surface area contributed by atoms with Crippen LogP contribution >= 0.6 is 0 Å². The maximum atomic E-state index is 12.4. The standard InChI is InChI=1S/C17H23N3O2/c1-13-12-16(18-22-13)17(21)20-10-8-19(9-11-20)14(2)15-6-4-3-5-7-15/h3-7,13-14H,8-12H2,1-2H3. The van der Waals surface area contributed by atoms with E-state index < -0.39 is 0 Å². The van der Waals surface area contributed by atoms with Crippen molar-refractivity contribution in [2.24, 2.45) is 5.16 Å². The van der Waals surface area contributed by atoms with Gasteiger partial charge in [0, 0.05) is 38.6 Å². The van der Waals surface area contributed by atoms with Crippen molar-refractivity contribution in [2.75, 3.05) is 26.2 Å². The van der Waals surface area contributed by atoms with Crippen LogP contribution in [-0.4, -0.2) is 53.7 Å². The lowest BCUT2D eigenvalue weighted by atomic mass is 10.1. The normalized spacial score (nSPS) is 23.8. The molecule has 0 N–H and O–H groups in total. The third kappa shape index (κ3) is 3.14. The fraction of sp³-hybridized carbons (Fsp3) is 0.529. The Balaban J connectivity index is 1.55. The molecule has 2 atom stereocenters. The van der Waals surface area contributed by atoms with Gasteiger partial charge in [0.2, 0.25) is 0 Å². The molecule has 2 aliphatic heterocycles. The Morgan fingerprint density at radius 1 is 1.23 bits per heavy atom. The molecule has 22 heavy (non-hydrogen) atoms. The van der Waals surface area contributed by atoms with Crippen molar-refractivity contribution in [1.29, 1.82) is 0 Å². The summed E-state index contributed by atoms with van der Waals surface area (Å²) in [5.41, 5.74) is 1.89. The highest BCUT2D eigenvalue weighted by Crippen LogP contribution is 2.21. The van der Waals surface area contributed by atoms with Gasteiger partial charge < -0.3 is 9.74 Å². The number of hydrogen-bond donors (Lipinski definition) is 0. The van der Waals surface area contributed by atoms with E-state index in [1.54, 1.807) is 0 Å². The summed E-state index contributed by atoms with van der Waals surface area (Å²) < 4.78 is 0. The van der Waals surface area contributed by atoms with Crippen LogP contribution < -0.4 is 0 Å². The lowest BCUT2D eigenvalue weighted by molar-refractivity contribution is -0.126. The summed E-state index contributed by atoms with van der Waals surface area (Å²) in [6.07, 6.45) is 0.651. The third-order valence-electron chi connectivity index (χ3n) is 4.50. The van der Waals surface area contributed by atoms with Gasteiger partial charge in [-0.2, -0.15) is 0 Å². The first-order valence-corrected chi connectivity index (χ1v) is 7.96. The van der Waals surface area contributed by atoms with Gasteiger partial charge >= 0.3 is 0 Å². The van der Waals surface area contributed by atoms with Gasteiger partial charge in [0.15, 0.2) is 0 Å². The molecular weight excluding hydrogens is 278 g/mol. The Hall–Kier alpha value is -1.88. The average molecular weight is 301 g/mol. The lowest BCUT2D eigenvalue weighted by Crippen LogP contribution is -2.50. The lowest BCUT2D eigenvalue weighted by Gasteiger charge is -2.38. The van der Waals surface area contributed by atoms with E-state index in [1.165, 1.54) is 5.56 Å². The van der Waals surface area contributed by atoms with Crippen LogP contribution in [-0.2, 0) is 9.63 Å². The zero-order valence-corrected chi connectivity index (χ0v) is 13.2. The Bertz CT molecular complexity index is 550. The predicted octanol–water partition coefficient (Wildman–Crippen LogP) is 2.06. The van der Waals surface area contributed by atoms with Crippen molar-refractivity contribution < 1.29 is 9.63 Å². The summed E-state index contributed by atoms with van der Waals surface area (Å²) in [4.78, 5) is 21.8. The second-order valence-corrected chi connectivity index (χ2v) is 6.07. The number of nitrogens with zero attached hydrogens (tertiary/aromatic N) is 3. The van der Waals surface area contributed by atoms with Gasteiger partial charge in [-0.3, -0.25) is 9.69 Å². The molecule has 1 amide bonds. The van der Waals surface area contributed by atoms with Crippen LogP contribution in [0, 0.1) is 0 Å². The monoisotopic (exact) mass is 301 g/mol. The number of carbonyl (C=O) groups is 1. The van der Waals surface area contributed by atoms with E-state index in [2.05, 4.69) is 41.2 Å². The fourth-order valence-electron chi connectivity index (χ4n) is 3.06. The van der Waals surface area contributed by atoms with Crippen molar-refractivity contribution in [3.63, 3.8) is 0 Å². The number of benzene rings is 1. The van der Waals surface area contributed by atoms with Gasteiger partial charge in [0.25, 0.3) is 5.91 Å². The van der Waals surface area contributed by atoms with Gasteiger partial charge in [0.05, 0.1) is 0 Å². The average Bonchev–Trinajstić information content (AvgIpc) is 3.01. The van der Waals surface area contributed by atoms with Crippen LogP contribution in [0.2, 0.25) is 0 Å². The molecule has 2 heterocycles. The van der Waals surface area contributed by atoms with Gasteiger partial charge in [0.1, 0.15) is 11.8 Å². The highest BCUT2D eigenvalue weighted by molar-refractivity contribution is 6.39. The number of piperazine rings is 1. The Labute approximate surface area is 131 Å². The third-order valence-corrected chi connectivity index (χ3v) is 4.50. The molecule has 2 unspecified atom stereocenters. The largest absolute Gasteiger partial charge is 0.392 e. The molecule has 118 valence electrons. The summed E-state index contributed by atoms with van der Waals surface area (Å²) in [5.74, 6) is 0.0383. The van der Waals surface area contributed by atoms with E-state index in [0.717, 1.165) is 26.2 Å². The fourth-order valence-corrected chi connectivity index (χ4v) is 3.06. The summed E-state index contributed by atoms with van der Waals surface area (Å²) in [5, 5.41) is 3.91. The smallest absolute Gasteiger partial charge is 0.271 e. The first kappa shape index (κ1) is 15.0. The number of hydrogen-bond acceptors (Lipinski definition) is 4. The van der Waals surface area contributed by atoms with Crippen molar-refractivity contribution in [3.05, 3.63) is 35.9 Å². The van der Waals surface area contributed by atoms with Crippen LogP contribution in [0.3, 0.4) is 0 Å². The van der Waals surface area contributed by atoms with Crippen molar-refractivity contribution in [3.8, 4) is 0 Å². The Kier molecular flexibility index (Phi) is 4.43. The minimum Gasteiger partial charge on any atom is -0.392 e. The van der Waals surface area contributed by atoms with Gasteiger partial charge in [-0.1, -0.05) is 35.5 Å². The molecule has 0 bridgehead atoms. The summed E-state index contributed by atoms with van der Waals surface area (Å²) in [6.45, 7) is 7.45. The molecule has 0 spiro atoms. The van der Waals surface area contributed by atoms with Crippen molar-refractivity contribution in [1.82, 2.24) is 9.80 Å². The quantitative estimate of drug-likeness (QED) is 0.858. The molecule has 1 saturated heterocycles. The van der Waals surface area contributed by atoms with E-state index >= 15 is 0 Å². The number of amides is 1. The molecule has 0 saturated carbocycles. The van der Waals surface area contributed by atoms with E-state index in [4.69, 9.17) is 4.84 Å². The maximum absolute atomic E-state index is 12.4. The minimum atomic E-state index is 0.0262. The molecule has 2 aliphatic rings. The number of rotatable bonds is 3. The van der Waals surface area contributed by atoms with Crippen molar-refractivity contribution >= 4 is 11.6 Å². The highest BCUT2D eigenvalue weighted by Gasteiger charge is 2.30. The second kappa shape index (κ2) is 6.48. The van der Waals surface area contributed by atoms with Gasteiger partial charge in [-0.25, -0.2) is 0 Å². The Morgan fingerprint density at radius 3 is 2.50 bits per heavy atom. The molecule has 1 aromatic rings. The molecule has 1 fully saturated rings. The SMILES string of the molecule is CC1CC(C(=O)N2CCN(C(C)c3ccccc3)CC2)=NO1. The molecule has 5 heteroatoms. The number of carbonyl (C=O) groups excluding carboxylic acids is 1. The van der Waals surface area contributed by atoms with Crippen molar-refractivity contribution in [2.45, 2.75) is 32.4 Å². The van der Waals surface area contributed by atoms with E-state index in [9.17, 15) is 4.79 Å². The zero-order valence-electron chi connectivity index (χ0n) is 13.2. The predicted molar refractivity (Wildman–Crippen MR) is 85.6 cm³/mol. The minimum absolute atomic E-state index is 0.0262. The number of oxime groups is 1. The second-order valence-electron chi connectivity index (χ2n) is 6.07. The van der Waals surface area contributed by atoms with Crippen LogP contribution in [0.15, 0.2) is 35.5 Å². The van der Waals surface area contributed by atoms with E-state index in [1.807, 2.05) is 17.9 Å². The van der Waals surface area contributed by atoms with Crippen LogP contribution in [0.4, 0.5) is 0 Å². The first-order chi connectivity index (χ1) is 10.6. The van der Waals surface area contributed by atoms with Gasteiger partial charge in [-0.05, 0) is 19.4 Å². The summed E-state index contributed by atoms with van der Waals surface area (Å²) in [6, 6.07) is 10.9. The first-order valence-electron chi connectivity index (χ1n) is 7.96. The van der Waals surface area contributed by atoms with Gasteiger partial charge in [-0.15, -0.1) is 0 Å². The van der Waals surface area contributed by atoms with E-state index in [-0.39, 0.29) is 12.0 Å². The molecule has 5 nitrogen and oxygen atoms in total. The molecule has 0 aliphatic carbocycles. The summed E-state index contributed by atoms with van der Waals surface area (Å²) >= 11 is 0. The molecular formula is C17H23N3O2. The van der Waals surface area contributed by atoms with Crippen LogP contribution in [0.5, 0.6) is 0 Å². The van der Waals surface area contributed by atoms with Crippen LogP contribution in [0.1, 0.15) is 31.9 Å². The highest BCUT2D eigenvalue weighted by atomic mass is 16.6. The van der Waals surface area contributed by atoms with Crippen LogP contribution in [0.25, 0.3) is 0 Å². The molecule has 0 aromatic heterocycles. The maximum Gasteiger partial charge on any atom is 0.271 e. The topological polar surface area (TPSA) is 45.1 Å². The Morgan fingerprint density at radius 2 is 1.91 bits per heavy atom. The zero-order chi connectivity index (χ0) is 15.5. The van der Waals surface area contributed by atoms with E-state index in [0.29, 0.717) is 18.2 Å². The summed E-state index contributed by atoms with van der Waals surface area (Å²) in [7, 11) is 0. The molecule has 0 radical (unpaired) electrons. The molecule has 3 rings (SSSR count). The molecule has 1 aromatic carbocycles.